The Kier molecular flexibility index (Phi) is 6.25. The third kappa shape index (κ3) is 4.48. The Balaban J connectivity index is 2.11. The number of aliphatic imine (C=N–C) groups is 1. The molecule has 4 nitrogen and oxygen atoms in total. The summed E-state index contributed by atoms with van der Waals surface area (Å²) in [5.41, 5.74) is 3.11. The molecule has 7 heteroatoms. The lowest BCUT2D eigenvalue weighted by Crippen LogP contribution is -2.10. The van der Waals surface area contributed by atoms with Gasteiger partial charge in [0.05, 0.1) is 27.4 Å². The zero-order valence-electron chi connectivity index (χ0n) is 14.6. The van der Waals surface area contributed by atoms with E-state index in [2.05, 4.69) is 32.0 Å². The standard InChI is InChI=1S/C21H12BrCl2N3O/c1-12-8-14(2-3-15(12)10-25)21(28)27-20(19-7-5-16(22)11-26-19)13-4-6-17(23)18(24)9-13/h2-9,11H,1H3/b27-20+. The van der Waals surface area contributed by atoms with E-state index in [9.17, 15) is 4.79 Å². The molecule has 138 valence electrons. The molecular weight excluding hydrogens is 461 g/mol. The number of nitrogens with zero attached hydrogens (tertiary/aromatic N) is 3. The molecule has 1 heterocycles. The van der Waals surface area contributed by atoms with Crippen LogP contribution in [0.2, 0.25) is 10.0 Å². The predicted octanol–water partition coefficient (Wildman–Crippen LogP) is 6.01. The predicted molar refractivity (Wildman–Crippen MR) is 114 cm³/mol. The van der Waals surface area contributed by atoms with E-state index in [1.165, 1.54) is 0 Å². The number of aryl methyl sites for hydroxylation is 1. The smallest absolute Gasteiger partial charge is 0.267 e. The van der Waals surface area contributed by atoms with Crippen LogP contribution in [0.1, 0.15) is 32.7 Å². The maximum atomic E-state index is 12.8. The van der Waals surface area contributed by atoms with E-state index >= 15 is 0 Å². The highest BCUT2D eigenvalue weighted by molar-refractivity contribution is 9.10. The molecule has 0 aliphatic rings. The molecule has 0 spiro atoms. The minimum absolute atomic E-state index is 0.352. The summed E-state index contributed by atoms with van der Waals surface area (Å²) in [6, 6.07) is 15.5. The largest absolute Gasteiger partial charge is 0.277 e. The molecule has 0 aliphatic carbocycles. The van der Waals surface area contributed by atoms with E-state index in [0.29, 0.717) is 43.7 Å². The number of hydrogen-bond acceptors (Lipinski definition) is 3. The van der Waals surface area contributed by atoms with Crippen LogP contribution in [-0.4, -0.2) is 16.6 Å². The van der Waals surface area contributed by atoms with Gasteiger partial charge in [-0.3, -0.25) is 9.78 Å². The third-order valence-electron chi connectivity index (χ3n) is 3.97. The van der Waals surface area contributed by atoms with Gasteiger partial charge in [0.1, 0.15) is 5.71 Å². The van der Waals surface area contributed by atoms with Crippen LogP contribution in [0.3, 0.4) is 0 Å². The summed E-state index contributed by atoms with van der Waals surface area (Å²) < 4.78 is 0.804. The molecule has 0 fully saturated rings. The second-order valence-electron chi connectivity index (χ2n) is 5.90. The van der Waals surface area contributed by atoms with Crippen molar-refractivity contribution in [3.8, 4) is 6.07 Å². The molecule has 3 rings (SSSR count). The van der Waals surface area contributed by atoms with Gasteiger partial charge in [0.25, 0.3) is 5.91 Å². The van der Waals surface area contributed by atoms with Gasteiger partial charge in [0, 0.05) is 21.8 Å². The minimum Gasteiger partial charge on any atom is -0.267 e. The van der Waals surface area contributed by atoms with Crippen molar-refractivity contribution in [2.24, 2.45) is 4.99 Å². The molecule has 0 N–H and O–H groups in total. The van der Waals surface area contributed by atoms with Gasteiger partial charge in [-0.1, -0.05) is 29.3 Å². The Morgan fingerprint density at radius 3 is 2.43 bits per heavy atom. The second-order valence-corrected chi connectivity index (χ2v) is 7.63. The van der Waals surface area contributed by atoms with Crippen LogP contribution in [-0.2, 0) is 0 Å². The van der Waals surface area contributed by atoms with Gasteiger partial charge in [-0.2, -0.15) is 5.26 Å². The van der Waals surface area contributed by atoms with Crippen LogP contribution in [0.5, 0.6) is 0 Å². The third-order valence-corrected chi connectivity index (χ3v) is 5.18. The fourth-order valence-corrected chi connectivity index (χ4v) is 3.05. The highest BCUT2D eigenvalue weighted by Crippen LogP contribution is 2.24. The van der Waals surface area contributed by atoms with E-state index in [0.717, 1.165) is 4.47 Å². The van der Waals surface area contributed by atoms with Crippen molar-refractivity contribution in [3.05, 3.63) is 97.2 Å². The average Bonchev–Trinajstić information content (AvgIpc) is 2.69. The van der Waals surface area contributed by atoms with Crippen LogP contribution < -0.4 is 0 Å². The monoisotopic (exact) mass is 471 g/mol. The van der Waals surface area contributed by atoms with Gasteiger partial charge >= 0.3 is 0 Å². The zero-order valence-corrected chi connectivity index (χ0v) is 17.7. The van der Waals surface area contributed by atoms with E-state index in [1.807, 2.05) is 6.07 Å². The van der Waals surface area contributed by atoms with Crippen molar-refractivity contribution < 1.29 is 4.79 Å². The highest BCUT2D eigenvalue weighted by Gasteiger charge is 2.15. The van der Waals surface area contributed by atoms with Gasteiger partial charge in [0.15, 0.2) is 0 Å². The van der Waals surface area contributed by atoms with Crippen molar-refractivity contribution in [3.63, 3.8) is 0 Å². The van der Waals surface area contributed by atoms with Crippen LogP contribution in [0.25, 0.3) is 0 Å². The Labute approximate surface area is 180 Å². The van der Waals surface area contributed by atoms with Gasteiger partial charge in [-0.05, 0) is 70.9 Å². The lowest BCUT2D eigenvalue weighted by molar-refractivity contribution is 0.100. The molecule has 0 unspecified atom stereocenters. The van der Waals surface area contributed by atoms with Gasteiger partial charge in [0.2, 0.25) is 0 Å². The minimum atomic E-state index is -0.446. The van der Waals surface area contributed by atoms with Crippen molar-refractivity contribution in [2.45, 2.75) is 6.92 Å². The lowest BCUT2D eigenvalue weighted by Gasteiger charge is -2.08. The Bertz CT molecular complexity index is 1140. The van der Waals surface area contributed by atoms with E-state index in [-0.39, 0.29) is 0 Å². The van der Waals surface area contributed by atoms with Crippen molar-refractivity contribution in [2.75, 3.05) is 0 Å². The summed E-state index contributed by atoms with van der Waals surface area (Å²) in [4.78, 5) is 21.5. The highest BCUT2D eigenvalue weighted by atomic mass is 79.9. The molecule has 0 saturated carbocycles. The number of hydrogen-bond donors (Lipinski definition) is 0. The number of carbonyl (C=O) groups is 1. The first kappa shape index (κ1) is 20.2. The number of carbonyl (C=O) groups excluding carboxylic acids is 1. The fraction of sp³-hybridized carbons (Fsp3) is 0.0476. The number of benzene rings is 2. The van der Waals surface area contributed by atoms with Crippen LogP contribution in [0.15, 0.2) is 64.2 Å². The first-order chi connectivity index (χ1) is 13.4. The van der Waals surface area contributed by atoms with Gasteiger partial charge in [-0.25, -0.2) is 4.99 Å². The topological polar surface area (TPSA) is 66.1 Å². The summed E-state index contributed by atoms with van der Waals surface area (Å²) in [6.07, 6.45) is 1.62. The molecule has 0 saturated heterocycles. The first-order valence-corrected chi connectivity index (χ1v) is 9.65. The van der Waals surface area contributed by atoms with E-state index in [1.54, 1.807) is 55.6 Å². The van der Waals surface area contributed by atoms with Crippen LogP contribution >= 0.6 is 39.1 Å². The number of nitriles is 1. The van der Waals surface area contributed by atoms with Gasteiger partial charge in [-0.15, -0.1) is 0 Å². The molecule has 0 bridgehead atoms. The second kappa shape index (κ2) is 8.66. The SMILES string of the molecule is Cc1cc(C(=O)/N=C(\c2ccc(Cl)c(Cl)c2)c2ccc(Br)cn2)ccc1C#N. The van der Waals surface area contributed by atoms with Crippen molar-refractivity contribution in [1.29, 1.82) is 5.26 Å². The number of pyridine rings is 1. The Morgan fingerprint density at radius 2 is 1.82 bits per heavy atom. The summed E-state index contributed by atoms with van der Waals surface area (Å²) in [6.45, 7) is 1.77. The lowest BCUT2D eigenvalue weighted by atomic mass is 10.0. The maximum absolute atomic E-state index is 12.8. The zero-order chi connectivity index (χ0) is 20.3. The molecule has 0 aliphatic heterocycles. The molecule has 0 atom stereocenters. The van der Waals surface area contributed by atoms with Crippen LogP contribution in [0, 0.1) is 18.3 Å². The first-order valence-electron chi connectivity index (χ1n) is 8.10. The number of amides is 1. The molecule has 1 aromatic heterocycles. The normalized spacial score (nSPS) is 11.2. The number of halogens is 3. The fourth-order valence-electron chi connectivity index (χ4n) is 2.52. The quantitative estimate of drug-likeness (QED) is 0.438. The van der Waals surface area contributed by atoms with E-state index in [4.69, 9.17) is 28.5 Å². The Hall–Kier alpha value is -2.52. The summed E-state index contributed by atoms with van der Waals surface area (Å²) in [5.74, 6) is -0.446. The molecule has 0 radical (unpaired) electrons. The van der Waals surface area contributed by atoms with Gasteiger partial charge < -0.3 is 0 Å². The molecular formula is C21H12BrCl2N3O. The van der Waals surface area contributed by atoms with Crippen molar-refractivity contribution >= 4 is 50.8 Å². The summed E-state index contributed by atoms with van der Waals surface area (Å²) >= 11 is 15.5. The molecule has 2 aromatic carbocycles. The number of rotatable bonds is 3. The number of aromatic nitrogens is 1. The van der Waals surface area contributed by atoms with Crippen LogP contribution in [0.4, 0.5) is 0 Å². The van der Waals surface area contributed by atoms with Crippen molar-refractivity contribution in [1.82, 2.24) is 4.98 Å². The molecule has 28 heavy (non-hydrogen) atoms. The molecule has 1 amide bonds. The summed E-state index contributed by atoms with van der Waals surface area (Å²) in [5, 5.41) is 9.82. The maximum Gasteiger partial charge on any atom is 0.277 e. The molecule has 3 aromatic rings. The summed E-state index contributed by atoms with van der Waals surface area (Å²) in [7, 11) is 0. The Morgan fingerprint density at radius 1 is 1.07 bits per heavy atom. The van der Waals surface area contributed by atoms with E-state index < -0.39 is 5.91 Å². The average molecular weight is 473 g/mol.